The van der Waals surface area contributed by atoms with Crippen LogP contribution in [-0.4, -0.2) is 64.0 Å². The lowest BCUT2D eigenvalue weighted by atomic mass is 10.0. The van der Waals surface area contributed by atoms with E-state index in [2.05, 4.69) is 15.3 Å². The number of aromatic nitrogens is 2. The lowest BCUT2D eigenvalue weighted by Gasteiger charge is -2.23. The number of amides is 1. The molecule has 10 heteroatoms. The first-order valence-electron chi connectivity index (χ1n) is 9.01. The molecule has 3 rings (SSSR count). The molecule has 1 fully saturated rings. The summed E-state index contributed by atoms with van der Waals surface area (Å²) in [5.74, 6) is 0.559. The molecular formula is C19H23N3O6S. The molecule has 0 radical (unpaired) electrons. The Balaban J connectivity index is 2.06. The van der Waals surface area contributed by atoms with Crippen molar-refractivity contribution in [3.05, 3.63) is 30.0 Å². The minimum atomic E-state index is -3.66. The summed E-state index contributed by atoms with van der Waals surface area (Å²) >= 11 is 0. The molecule has 1 N–H and O–H groups in total. The molecule has 0 atom stereocenters. The molecule has 0 spiro atoms. The fraction of sp³-hybridized carbons (Fsp3) is 0.421. The van der Waals surface area contributed by atoms with E-state index < -0.39 is 9.84 Å². The van der Waals surface area contributed by atoms with E-state index >= 15 is 0 Å². The van der Waals surface area contributed by atoms with Gasteiger partial charge in [-0.15, -0.1) is 0 Å². The number of nitrogens with zero attached hydrogens (tertiary/aromatic N) is 2. The molecule has 0 saturated carbocycles. The molecule has 2 aromatic rings. The van der Waals surface area contributed by atoms with Crippen molar-refractivity contribution in [3.63, 3.8) is 0 Å². The Bertz CT molecular complexity index is 1000. The zero-order valence-electron chi connectivity index (χ0n) is 16.5. The Kier molecular flexibility index (Phi) is 6.33. The largest absolute Gasteiger partial charge is 0.493 e. The van der Waals surface area contributed by atoms with Gasteiger partial charge in [0.1, 0.15) is 0 Å². The summed E-state index contributed by atoms with van der Waals surface area (Å²) in [7, 11) is -0.659. The molecule has 29 heavy (non-hydrogen) atoms. The van der Waals surface area contributed by atoms with Gasteiger partial charge in [-0.25, -0.2) is 18.4 Å². The van der Waals surface area contributed by atoms with Crippen molar-refractivity contribution < 1.29 is 27.4 Å². The van der Waals surface area contributed by atoms with Gasteiger partial charge in [-0.05, 0) is 31.0 Å². The Morgan fingerprint density at radius 3 is 2.48 bits per heavy atom. The highest BCUT2D eigenvalue weighted by Gasteiger charge is 2.23. The van der Waals surface area contributed by atoms with E-state index in [0.717, 1.165) is 6.26 Å². The van der Waals surface area contributed by atoms with Crippen LogP contribution in [0.4, 0.5) is 0 Å². The van der Waals surface area contributed by atoms with Gasteiger partial charge in [0, 0.05) is 37.3 Å². The summed E-state index contributed by atoms with van der Waals surface area (Å²) in [6, 6.07) is 4.96. The van der Waals surface area contributed by atoms with Crippen molar-refractivity contribution in [2.45, 2.75) is 24.0 Å². The predicted molar refractivity (Wildman–Crippen MR) is 105 cm³/mol. The Morgan fingerprint density at radius 1 is 1.17 bits per heavy atom. The van der Waals surface area contributed by atoms with Gasteiger partial charge < -0.3 is 19.5 Å². The van der Waals surface area contributed by atoms with E-state index in [-0.39, 0.29) is 28.4 Å². The highest BCUT2D eigenvalue weighted by molar-refractivity contribution is 7.90. The van der Waals surface area contributed by atoms with Crippen LogP contribution in [0, 0.1) is 0 Å². The van der Waals surface area contributed by atoms with Gasteiger partial charge in [0.2, 0.25) is 15.0 Å². The molecule has 1 aliphatic heterocycles. The summed E-state index contributed by atoms with van der Waals surface area (Å²) in [6.07, 6.45) is 3.67. The summed E-state index contributed by atoms with van der Waals surface area (Å²) in [5, 5.41) is 2.59. The lowest BCUT2D eigenvalue weighted by Crippen LogP contribution is -2.39. The van der Waals surface area contributed by atoms with Crippen LogP contribution in [0.3, 0.4) is 0 Å². The van der Waals surface area contributed by atoms with E-state index in [0.29, 0.717) is 43.1 Å². The van der Waals surface area contributed by atoms with Crippen LogP contribution in [0.2, 0.25) is 0 Å². The maximum absolute atomic E-state index is 12.9. The fourth-order valence-corrected chi connectivity index (χ4v) is 3.52. The van der Waals surface area contributed by atoms with Crippen LogP contribution in [-0.2, 0) is 14.6 Å². The maximum Gasteiger partial charge on any atom is 0.255 e. The molecule has 1 saturated heterocycles. The average molecular weight is 421 g/mol. The van der Waals surface area contributed by atoms with Crippen LogP contribution in [0.1, 0.15) is 23.2 Å². The molecule has 0 aliphatic carbocycles. The number of methoxy groups -OCH3 is 2. The summed E-state index contributed by atoms with van der Waals surface area (Å²) in [4.78, 5) is 21.0. The second-order valence-corrected chi connectivity index (χ2v) is 8.53. The van der Waals surface area contributed by atoms with Gasteiger partial charge in [0.15, 0.2) is 11.5 Å². The van der Waals surface area contributed by atoms with Gasteiger partial charge >= 0.3 is 0 Å². The highest BCUT2D eigenvalue weighted by atomic mass is 32.2. The molecule has 2 heterocycles. The average Bonchev–Trinajstić information content (AvgIpc) is 2.72. The molecule has 1 aliphatic rings. The highest BCUT2D eigenvalue weighted by Crippen LogP contribution is 2.33. The third kappa shape index (κ3) is 4.83. The van der Waals surface area contributed by atoms with Gasteiger partial charge in [0.05, 0.1) is 25.5 Å². The second-order valence-electron chi connectivity index (χ2n) is 6.62. The molecule has 1 aromatic carbocycles. The second kappa shape index (κ2) is 8.75. The van der Waals surface area contributed by atoms with Gasteiger partial charge in [-0.3, -0.25) is 4.79 Å². The monoisotopic (exact) mass is 421 g/mol. The third-order valence-electron chi connectivity index (χ3n) is 4.56. The van der Waals surface area contributed by atoms with Crippen LogP contribution in [0.25, 0.3) is 11.3 Å². The number of hydrogen-bond donors (Lipinski definition) is 1. The lowest BCUT2D eigenvalue weighted by molar-refractivity contribution is 0.0696. The van der Waals surface area contributed by atoms with Crippen molar-refractivity contribution in [3.8, 4) is 22.8 Å². The quantitative estimate of drug-likeness (QED) is 0.697. The number of rotatable bonds is 6. The molecule has 1 amide bonds. The zero-order valence-corrected chi connectivity index (χ0v) is 17.3. The van der Waals surface area contributed by atoms with E-state index in [1.165, 1.54) is 20.4 Å². The number of ether oxygens (including phenoxy) is 3. The zero-order chi connectivity index (χ0) is 21.0. The van der Waals surface area contributed by atoms with Gasteiger partial charge in [0.25, 0.3) is 5.91 Å². The minimum absolute atomic E-state index is 0.0240. The van der Waals surface area contributed by atoms with Crippen molar-refractivity contribution >= 4 is 15.7 Å². The number of benzene rings is 1. The number of carbonyl (C=O) groups excluding carboxylic acids is 1. The van der Waals surface area contributed by atoms with Crippen LogP contribution in [0.15, 0.2) is 29.6 Å². The first-order chi connectivity index (χ1) is 13.8. The molecule has 156 valence electrons. The third-order valence-corrected chi connectivity index (χ3v) is 5.42. The fourth-order valence-electron chi connectivity index (χ4n) is 3.02. The van der Waals surface area contributed by atoms with E-state index in [1.807, 2.05) is 0 Å². The summed E-state index contributed by atoms with van der Waals surface area (Å²) < 4.78 is 39.8. The van der Waals surface area contributed by atoms with E-state index in [9.17, 15) is 13.2 Å². The summed E-state index contributed by atoms with van der Waals surface area (Å²) in [5.41, 5.74) is 0.883. The SMILES string of the molecule is COc1ccc(-c2nc(S(C)(=O)=O)ncc2C(=O)NC2CCOCC2)cc1OC. The Morgan fingerprint density at radius 2 is 1.86 bits per heavy atom. The minimum Gasteiger partial charge on any atom is -0.493 e. The number of nitrogens with one attached hydrogen (secondary N) is 1. The van der Waals surface area contributed by atoms with E-state index in [1.54, 1.807) is 18.2 Å². The smallest absolute Gasteiger partial charge is 0.255 e. The van der Waals surface area contributed by atoms with Gasteiger partial charge in [-0.1, -0.05) is 0 Å². The van der Waals surface area contributed by atoms with Gasteiger partial charge in [-0.2, -0.15) is 0 Å². The van der Waals surface area contributed by atoms with Crippen molar-refractivity contribution in [2.24, 2.45) is 0 Å². The standard InChI is InChI=1S/C19H23N3O6S/c1-26-15-5-4-12(10-16(15)27-2)17-14(11-20-19(22-17)29(3,24)25)18(23)21-13-6-8-28-9-7-13/h4-5,10-11,13H,6-9H2,1-3H3,(H,21,23). The molecule has 1 aromatic heterocycles. The molecule has 0 unspecified atom stereocenters. The first kappa shape index (κ1) is 21.0. The first-order valence-corrected chi connectivity index (χ1v) is 10.9. The van der Waals surface area contributed by atoms with Crippen molar-refractivity contribution in [2.75, 3.05) is 33.7 Å². The predicted octanol–water partition coefficient (Wildman–Crippen LogP) is 1.47. The number of hydrogen-bond acceptors (Lipinski definition) is 8. The number of carbonyl (C=O) groups is 1. The number of sulfone groups is 1. The Labute approximate surface area is 169 Å². The van der Waals surface area contributed by atoms with Crippen LogP contribution >= 0.6 is 0 Å². The molecule has 0 bridgehead atoms. The maximum atomic E-state index is 12.9. The van der Waals surface area contributed by atoms with Crippen LogP contribution < -0.4 is 14.8 Å². The summed E-state index contributed by atoms with van der Waals surface area (Å²) in [6.45, 7) is 1.16. The topological polar surface area (TPSA) is 117 Å². The molecule has 9 nitrogen and oxygen atoms in total. The molecular weight excluding hydrogens is 398 g/mol. The van der Waals surface area contributed by atoms with Crippen LogP contribution in [0.5, 0.6) is 11.5 Å². The van der Waals surface area contributed by atoms with E-state index in [4.69, 9.17) is 14.2 Å². The normalized spacial score (nSPS) is 15.0. The Hall–Kier alpha value is -2.72. The van der Waals surface area contributed by atoms with Crippen molar-refractivity contribution in [1.29, 1.82) is 0 Å². The van der Waals surface area contributed by atoms with Crippen molar-refractivity contribution in [1.82, 2.24) is 15.3 Å².